The van der Waals surface area contributed by atoms with Gasteiger partial charge in [-0.3, -0.25) is 4.79 Å². The number of carbonyl (C=O) groups is 1. The van der Waals surface area contributed by atoms with Gasteiger partial charge in [0.05, 0.1) is 6.10 Å². The van der Waals surface area contributed by atoms with E-state index >= 15 is 0 Å². The number of aliphatic hydroxyl groups excluding tert-OH is 1. The quantitative estimate of drug-likeness (QED) is 0.857. The third-order valence-electron chi connectivity index (χ3n) is 3.71. The van der Waals surface area contributed by atoms with Gasteiger partial charge in [0.2, 0.25) is 5.91 Å². The van der Waals surface area contributed by atoms with Crippen LogP contribution >= 0.6 is 0 Å². The first kappa shape index (κ1) is 14.1. The number of aryl methyl sites for hydroxylation is 1. The zero-order valence-corrected chi connectivity index (χ0v) is 11.9. The fraction of sp³-hybridized carbons (Fsp3) is 0.667. The molecule has 19 heavy (non-hydrogen) atoms. The van der Waals surface area contributed by atoms with Gasteiger partial charge < -0.3 is 14.4 Å². The van der Waals surface area contributed by atoms with Crippen LogP contribution in [0.4, 0.5) is 0 Å². The van der Waals surface area contributed by atoms with E-state index in [1.54, 1.807) is 18.9 Å². The molecule has 0 aliphatic heterocycles. The fourth-order valence-electron chi connectivity index (χ4n) is 2.37. The summed E-state index contributed by atoms with van der Waals surface area (Å²) in [5.74, 6) is 3.30. The number of hydrogen-bond donors (Lipinski definition) is 1. The summed E-state index contributed by atoms with van der Waals surface area (Å²) in [6.45, 7) is 4.28. The summed E-state index contributed by atoms with van der Waals surface area (Å²) in [5, 5.41) is 9.24. The maximum Gasteiger partial charge on any atom is 0.222 e. The molecule has 1 fully saturated rings. The van der Waals surface area contributed by atoms with E-state index in [1.165, 1.54) is 6.42 Å². The van der Waals surface area contributed by atoms with Crippen LogP contribution in [0.3, 0.4) is 0 Å². The predicted octanol–water partition coefficient (Wildman–Crippen LogP) is 2.17. The van der Waals surface area contributed by atoms with Crippen LogP contribution < -0.4 is 0 Å². The van der Waals surface area contributed by atoms with E-state index < -0.39 is 6.10 Å². The standard InChI is InChI=1S/C15H23NO3/c1-10-8-13(10)14-6-4-12(19-14)5-7-15(18)16(3)9-11(2)17/h4,6,10-11,13,17H,5,7-9H2,1-3H3. The van der Waals surface area contributed by atoms with Crippen LogP contribution in [0.1, 0.15) is 44.1 Å². The Morgan fingerprint density at radius 3 is 2.84 bits per heavy atom. The SMILES string of the molecule is CC(O)CN(C)C(=O)CCc1ccc(C2CC2C)o1. The maximum absolute atomic E-state index is 11.8. The summed E-state index contributed by atoms with van der Waals surface area (Å²) in [7, 11) is 1.72. The highest BCUT2D eigenvalue weighted by molar-refractivity contribution is 5.76. The Morgan fingerprint density at radius 2 is 2.26 bits per heavy atom. The smallest absolute Gasteiger partial charge is 0.222 e. The van der Waals surface area contributed by atoms with Crippen molar-refractivity contribution in [2.24, 2.45) is 5.92 Å². The van der Waals surface area contributed by atoms with Crippen molar-refractivity contribution in [2.45, 2.75) is 45.1 Å². The topological polar surface area (TPSA) is 53.7 Å². The molecule has 0 aromatic carbocycles. The maximum atomic E-state index is 11.8. The Bertz CT molecular complexity index is 438. The van der Waals surface area contributed by atoms with Crippen LogP contribution in [0.5, 0.6) is 0 Å². The molecule has 1 aromatic heterocycles. The van der Waals surface area contributed by atoms with Crippen LogP contribution in [0.15, 0.2) is 16.5 Å². The molecule has 1 saturated carbocycles. The molecule has 1 amide bonds. The third kappa shape index (κ3) is 3.83. The van der Waals surface area contributed by atoms with Gasteiger partial charge >= 0.3 is 0 Å². The summed E-state index contributed by atoms with van der Waals surface area (Å²) < 4.78 is 5.77. The molecule has 3 unspecified atom stereocenters. The van der Waals surface area contributed by atoms with Gasteiger partial charge in [0.25, 0.3) is 0 Å². The molecule has 3 atom stereocenters. The number of likely N-dealkylation sites (N-methyl/N-ethyl adjacent to an activating group) is 1. The average molecular weight is 265 g/mol. The van der Waals surface area contributed by atoms with E-state index in [9.17, 15) is 9.90 Å². The second-order valence-corrected chi connectivity index (χ2v) is 5.75. The minimum Gasteiger partial charge on any atom is -0.466 e. The zero-order valence-electron chi connectivity index (χ0n) is 11.9. The lowest BCUT2D eigenvalue weighted by Gasteiger charge is -2.18. The van der Waals surface area contributed by atoms with Crippen molar-refractivity contribution in [1.29, 1.82) is 0 Å². The van der Waals surface area contributed by atoms with Gasteiger partial charge in [0, 0.05) is 32.4 Å². The number of nitrogens with zero attached hydrogens (tertiary/aromatic N) is 1. The van der Waals surface area contributed by atoms with Crippen molar-refractivity contribution < 1.29 is 14.3 Å². The molecule has 4 nitrogen and oxygen atoms in total. The number of hydrogen-bond acceptors (Lipinski definition) is 3. The summed E-state index contributed by atoms with van der Waals surface area (Å²) in [6.07, 6.45) is 1.78. The molecule has 0 saturated heterocycles. The molecule has 4 heteroatoms. The third-order valence-corrected chi connectivity index (χ3v) is 3.71. The summed E-state index contributed by atoms with van der Waals surface area (Å²) in [4.78, 5) is 13.4. The summed E-state index contributed by atoms with van der Waals surface area (Å²) in [5.41, 5.74) is 0. The molecule has 1 aliphatic carbocycles. The molecular formula is C15H23NO3. The van der Waals surface area contributed by atoms with Crippen LogP contribution in [0.2, 0.25) is 0 Å². The van der Waals surface area contributed by atoms with Crippen molar-refractivity contribution in [2.75, 3.05) is 13.6 Å². The number of furan rings is 1. The number of carbonyl (C=O) groups excluding carboxylic acids is 1. The van der Waals surface area contributed by atoms with E-state index in [0.29, 0.717) is 25.3 Å². The molecule has 1 heterocycles. The van der Waals surface area contributed by atoms with E-state index in [0.717, 1.165) is 17.4 Å². The van der Waals surface area contributed by atoms with Crippen molar-refractivity contribution in [3.8, 4) is 0 Å². The zero-order chi connectivity index (χ0) is 14.0. The van der Waals surface area contributed by atoms with Crippen molar-refractivity contribution in [3.05, 3.63) is 23.7 Å². The number of rotatable bonds is 6. The molecule has 1 aliphatic rings. The van der Waals surface area contributed by atoms with Gasteiger partial charge in [-0.25, -0.2) is 0 Å². The predicted molar refractivity (Wildman–Crippen MR) is 72.9 cm³/mol. The van der Waals surface area contributed by atoms with Gasteiger partial charge in [-0.1, -0.05) is 6.92 Å². The molecule has 1 N–H and O–H groups in total. The fourth-order valence-corrected chi connectivity index (χ4v) is 2.37. The Kier molecular flexibility index (Phi) is 4.30. The first-order valence-electron chi connectivity index (χ1n) is 6.98. The van der Waals surface area contributed by atoms with Gasteiger partial charge in [-0.05, 0) is 31.4 Å². The molecule has 0 radical (unpaired) electrons. The number of amides is 1. The molecule has 0 bridgehead atoms. The Morgan fingerprint density at radius 1 is 1.58 bits per heavy atom. The molecule has 2 rings (SSSR count). The Hall–Kier alpha value is -1.29. The van der Waals surface area contributed by atoms with E-state index in [4.69, 9.17) is 4.42 Å². The highest BCUT2D eigenvalue weighted by Gasteiger charge is 2.36. The number of aliphatic hydroxyl groups is 1. The van der Waals surface area contributed by atoms with Gasteiger partial charge in [0.15, 0.2) is 0 Å². The van der Waals surface area contributed by atoms with Crippen molar-refractivity contribution >= 4 is 5.91 Å². The van der Waals surface area contributed by atoms with Crippen LogP contribution in [-0.2, 0) is 11.2 Å². The van der Waals surface area contributed by atoms with Crippen LogP contribution in [0.25, 0.3) is 0 Å². The first-order valence-corrected chi connectivity index (χ1v) is 6.98. The van der Waals surface area contributed by atoms with Gasteiger partial charge in [-0.15, -0.1) is 0 Å². The van der Waals surface area contributed by atoms with Crippen LogP contribution in [0, 0.1) is 5.92 Å². The van der Waals surface area contributed by atoms with Crippen molar-refractivity contribution in [3.63, 3.8) is 0 Å². The highest BCUT2D eigenvalue weighted by atomic mass is 16.3. The Labute approximate surface area is 114 Å². The highest BCUT2D eigenvalue weighted by Crippen LogP contribution is 2.47. The van der Waals surface area contributed by atoms with E-state index in [2.05, 4.69) is 6.92 Å². The first-order chi connectivity index (χ1) is 8.97. The lowest BCUT2D eigenvalue weighted by atomic mass is 10.2. The normalized spacial score (nSPS) is 23.2. The lowest BCUT2D eigenvalue weighted by Crippen LogP contribution is -2.33. The molecule has 106 valence electrons. The molecular weight excluding hydrogens is 242 g/mol. The molecule has 1 aromatic rings. The average Bonchev–Trinajstić information content (AvgIpc) is 2.89. The summed E-state index contributed by atoms with van der Waals surface area (Å²) >= 11 is 0. The monoisotopic (exact) mass is 265 g/mol. The second kappa shape index (κ2) is 5.78. The van der Waals surface area contributed by atoms with Crippen LogP contribution in [-0.4, -0.2) is 35.6 Å². The van der Waals surface area contributed by atoms with E-state index in [-0.39, 0.29) is 5.91 Å². The lowest BCUT2D eigenvalue weighted by molar-refractivity contribution is -0.131. The Balaban J connectivity index is 1.78. The minimum atomic E-state index is -0.486. The van der Waals surface area contributed by atoms with Crippen molar-refractivity contribution in [1.82, 2.24) is 4.90 Å². The minimum absolute atomic E-state index is 0.0404. The summed E-state index contributed by atoms with van der Waals surface area (Å²) in [6, 6.07) is 4.01. The second-order valence-electron chi connectivity index (χ2n) is 5.75. The largest absolute Gasteiger partial charge is 0.466 e. The van der Waals surface area contributed by atoms with Gasteiger partial charge in [-0.2, -0.15) is 0 Å². The molecule has 0 spiro atoms. The van der Waals surface area contributed by atoms with E-state index in [1.807, 2.05) is 12.1 Å². The van der Waals surface area contributed by atoms with Gasteiger partial charge in [0.1, 0.15) is 11.5 Å².